The van der Waals surface area contributed by atoms with Gasteiger partial charge in [-0.05, 0) is 12.3 Å². The Hall–Kier alpha value is -0.660. The van der Waals surface area contributed by atoms with E-state index in [1.807, 2.05) is 0 Å². The van der Waals surface area contributed by atoms with Crippen LogP contribution >= 0.6 is 0 Å². The van der Waals surface area contributed by atoms with E-state index >= 15 is 0 Å². The maximum Gasteiger partial charge on any atom is 0.0520 e. The van der Waals surface area contributed by atoms with Crippen molar-refractivity contribution in [2.45, 2.75) is 33.2 Å². The van der Waals surface area contributed by atoms with E-state index in [1.54, 1.807) is 6.21 Å². The highest BCUT2D eigenvalue weighted by Crippen LogP contribution is 2.08. The second-order valence-corrected chi connectivity index (χ2v) is 2.68. The molecule has 0 aromatic heterocycles. The summed E-state index contributed by atoms with van der Waals surface area (Å²) in [4.78, 5) is 4.19. The van der Waals surface area contributed by atoms with Gasteiger partial charge in [-0.15, -0.1) is 0 Å². The highest BCUT2D eigenvalue weighted by atomic mass is 14.8. The first-order valence-electron chi connectivity index (χ1n) is 3.74. The monoisotopic (exact) mass is 140 g/mol. The van der Waals surface area contributed by atoms with Crippen molar-refractivity contribution in [3.8, 4) is 0 Å². The lowest BCUT2D eigenvalue weighted by Gasteiger charge is -2.12. The zero-order valence-electron chi connectivity index (χ0n) is 6.96. The van der Waals surface area contributed by atoms with Gasteiger partial charge in [0.2, 0.25) is 0 Å². The van der Waals surface area contributed by atoms with Crippen LogP contribution in [0.2, 0.25) is 0 Å². The van der Waals surface area contributed by atoms with Gasteiger partial charge in [0.15, 0.2) is 0 Å². The summed E-state index contributed by atoms with van der Waals surface area (Å²) in [5, 5.41) is 6.74. The molecule has 0 saturated heterocycles. The highest BCUT2D eigenvalue weighted by molar-refractivity contribution is 6.14. The quantitative estimate of drug-likeness (QED) is 0.581. The van der Waals surface area contributed by atoms with Gasteiger partial charge in [-0.1, -0.05) is 20.8 Å². The van der Waals surface area contributed by atoms with Crippen molar-refractivity contribution in [2.24, 2.45) is 10.9 Å². The second kappa shape index (κ2) is 5.15. The Morgan fingerprint density at radius 1 is 1.50 bits per heavy atom. The van der Waals surface area contributed by atoms with Crippen LogP contribution in [0.3, 0.4) is 0 Å². The van der Waals surface area contributed by atoms with Crippen LogP contribution in [0, 0.1) is 11.3 Å². The lowest BCUT2D eigenvalue weighted by Crippen LogP contribution is -2.11. The SMILES string of the molecule is CCC(/N=C\C=N)C(C)C. The van der Waals surface area contributed by atoms with E-state index in [4.69, 9.17) is 5.41 Å². The first-order valence-corrected chi connectivity index (χ1v) is 3.74. The second-order valence-electron chi connectivity index (χ2n) is 2.68. The van der Waals surface area contributed by atoms with Gasteiger partial charge in [0, 0.05) is 12.4 Å². The van der Waals surface area contributed by atoms with Gasteiger partial charge in [0.25, 0.3) is 0 Å². The van der Waals surface area contributed by atoms with Crippen LogP contribution in [0.5, 0.6) is 0 Å². The molecule has 0 aliphatic heterocycles. The molecule has 0 aromatic carbocycles. The maximum atomic E-state index is 6.74. The fourth-order valence-electron chi connectivity index (χ4n) is 0.903. The van der Waals surface area contributed by atoms with Crippen LogP contribution in [0.15, 0.2) is 4.99 Å². The van der Waals surface area contributed by atoms with Gasteiger partial charge in [-0.25, -0.2) is 0 Å². The molecule has 0 fully saturated rings. The standard InChI is InChI=1S/C8H16N2/c1-4-8(7(2)3)10-6-5-9/h5-9H,4H2,1-3H3/b9-5?,10-6-. The van der Waals surface area contributed by atoms with Gasteiger partial charge in [-0.3, -0.25) is 4.99 Å². The van der Waals surface area contributed by atoms with Crippen molar-refractivity contribution in [3.05, 3.63) is 0 Å². The summed E-state index contributed by atoms with van der Waals surface area (Å²) < 4.78 is 0. The van der Waals surface area contributed by atoms with Crippen molar-refractivity contribution >= 4 is 12.4 Å². The van der Waals surface area contributed by atoms with E-state index in [1.165, 1.54) is 6.21 Å². The fourth-order valence-corrected chi connectivity index (χ4v) is 0.903. The molecule has 0 rings (SSSR count). The first kappa shape index (κ1) is 9.34. The molecule has 0 bridgehead atoms. The summed E-state index contributed by atoms with van der Waals surface area (Å²) in [7, 11) is 0. The molecule has 0 aliphatic rings. The smallest absolute Gasteiger partial charge is 0.0520 e. The molecular formula is C8H16N2. The first-order chi connectivity index (χ1) is 4.72. The van der Waals surface area contributed by atoms with Crippen LogP contribution in [0.25, 0.3) is 0 Å². The van der Waals surface area contributed by atoms with Crippen molar-refractivity contribution in [1.82, 2.24) is 0 Å². The molecule has 0 saturated carbocycles. The Bertz CT molecular complexity index is 116. The maximum absolute atomic E-state index is 6.74. The Balaban J connectivity index is 3.82. The van der Waals surface area contributed by atoms with Crippen LogP contribution in [0.4, 0.5) is 0 Å². The number of nitrogens with zero attached hydrogens (tertiary/aromatic N) is 1. The molecule has 1 unspecified atom stereocenters. The molecule has 0 aliphatic carbocycles. The van der Waals surface area contributed by atoms with Crippen molar-refractivity contribution in [3.63, 3.8) is 0 Å². The Morgan fingerprint density at radius 3 is 2.40 bits per heavy atom. The van der Waals surface area contributed by atoms with E-state index < -0.39 is 0 Å². The molecule has 0 radical (unpaired) electrons. The fraction of sp³-hybridized carbons (Fsp3) is 0.750. The third-order valence-corrected chi connectivity index (χ3v) is 1.54. The molecule has 0 aromatic rings. The minimum absolute atomic E-state index is 0.390. The summed E-state index contributed by atoms with van der Waals surface area (Å²) in [6, 6.07) is 0.390. The molecule has 0 heterocycles. The van der Waals surface area contributed by atoms with Gasteiger partial charge in [0.1, 0.15) is 0 Å². The molecule has 2 nitrogen and oxygen atoms in total. The van der Waals surface area contributed by atoms with E-state index in [0.29, 0.717) is 12.0 Å². The highest BCUT2D eigenvalue weighted by Gasteiger charge is 2.06. The summed E-state index contributed by atoms with van der Waals surface area (Å²) >= 11 is 0. The van der Waals surface area contributed by atoms with Crippen molar-refractivity contribution in [2.75, 3.05) is 0 Å². The number of hydrogen-bond donors (Lipinski definition) is 1. The normalized spacial score (nSPS) is 14.4. The molecule has 0 spiro atoms. The summed E-state index contributed by atoms with van der Waals surface area (Å²) in [5.41, 5.74) is 0. The summed E-state index contributed by atoms with van der Waals surface area (Å²) in [5.74, 6) is 0.584. The average Bonchev–Trinajstić information content (AvgIpc) is 1.89. The minimum Gasteiger partial charge on any atom is -0.307 e. The van der Waals surface area contributed by atoms with Crippen LogP contribution in [-0.4, -0.2) is 18.5 Å². The number of nitrogens with one attached hydrogen (secondary N) is 1. The third-order valence-electron chi connectivity index (χ3n) is 1.54. The molecule has 1 atom stereocenters. The van der Waals surface area contributed by atoms with Crippen LogP contribution in [0.1, 0.15) is 27.2 Å². The Labute approximate surface area is 62.9 Å². The topological polar surface area (TPSA) is 36.2 Å². The van der Waals surface area contributed by atoms with Crippen molar-refractivity contribution in [1.29, 1.82) is 5.41 Å². The predicted octanol–water partition coefficient (Wildman–Crippen LogP) is 2.14. The van der Waals surface area contributed by atoms with Crippen molar-refractivity contribution < 1.29 is 0 Å². The molecule has 0 amide bonds. The van der Waals surface area contributed by atoms with Gasteiger partial charge in [-0.2, -0.15) is 0 Å². The molecule has 58 valence electrons. The molecule has 10 heavy (non-hydrogen) atoms. The number of hydrogen-bond acceptors (Lipinski definition) is 2. The zero-order chi connectivity index (χ0) is 7.98. The number of aliphatic imine (C=N–C) groups is 1. The van der Waals surface area contributed by atoms with E-state index in [-0.39, 0.29) is 0 Å². The molecule has 1 N–H and O–H groups in total. The largest absolute Gasteiger partial charge is 0.307 e. The van der Waals surface area contributed by atoms with Crippen LogP contribution in [-0.2, 0) is 0 Å². The lowest BCUT2D eigenvalue weighted by molar-refractivity contribution is 0.485. The predicted molar refractivity (Wildman–Crippen MR) is 46.2 cm³/mol. The van der Waals surface area contributed by atoms with E-state index in [9.17, 15) is 0 Å². The Kier molecular flexibility index (Phi) is 4.81. The minimum atomic E-state index is 0.390. The van der Waals surface area contributed by atoms with Gasteiger partial charge >= 0.3 is 0 Å². The van der Waals surface area contributed by atoms with E-state index in [2.05, 4.69) is 25.8 Å². The molecule has 2 heteroatoms. The van der Waals surface area contributed by atoms with E-state index in [0.717, 1.165) is 6.42 Å². The summed E-state index contributed by atoms with van der Waals surface area (Å²) in [6.07, 6.45) is 3.85. The average molecular weight is 140 g/mol. The number of rotatable bonds is 4. The third kappa shape index (κ3) is 3.38. The van der Waals surface area contributed by atoms with Gasteiger partial charge < -0.3 is 5.41 Å². The summed E-state index contributed by atoms with van der Waals surface area (Å²) in [6.45, 7) is 6.41. The Morgan fingerprint density at radius 2 is 2.10 bits per heavy atom. The van der Waals surface area contributed by atoms with Gasteiger partial charge in [0.05, 0.1) is 6.04 Å². The molecular weight excluding hydrogens is 124 g/mol. The zero-order valence-corrected chi connectivity index (χ0v) is 6.96. The lowest BCUT2D eigenvalue weighted by atomic mass is 10.0. The van der Waals surface area contributed by atoms with Crippen LogP contribution < -0.4 is 0 Å².